The van der Waals surface area contributed by atoms with Gasteiger partial charge in [-0.1, -0.05) is 0 Å². The first kappa shape index (κ1) is 8.14. The van der Waals surface area contributed by atoms with E-state index in [0.717, 1.165) is 17.0 Å². The van der Waals surface area contributed by atoms with Gasteiger partial charge in [0.15, 0.2) is 4.73 Å². The first-order chi connectivity index (χ1) is 4.77. The molecule has 1 rings (SSSR count). The van der Waals surface area contributed by atoms with E-state index in [0.29, 0.717) is 5.75 Å². The maximum Gasteiger partial charge on any atom is 0.177 e. The molecule has 0 amide bonds. The van der Waals surface area contributed by atoms with Crippen LogP contribution in [0.25, 0.3) is 0 Å². The van der Waals surface area contributed by atoms with Crippen molar-refractivity contribution in [3.8, 4) is 0 Å². The third-order valence-electron chi connectivity index (χ3n) is 1.28. The zero-order valence-electron chi connectivity index (χ0n) is 5.71. The molecule has 2 nitrogen and oxygen atoms in total. The lowest BCUT2D eigenvalue weighted by atomic mass is 10.5. The van der Waals surface area contributed by atoms with Gasteiger partial charge in [-0.2, -0.15) is 12.6 Å². The zero-order valence-corrected chi connectivity index (χ0v) is 8.19. The number of hydrogen-bond acceptors (Lipinski definition) is 2. The zero-order chi connectivity index (χ0) is 7.56. The molecule has 1 aromatic rings. The summed E-state index contributed by atoms with van der Waals surface area (Å²) in [7, 11) is 0. The topological polar surface area (TPSA) is 17.8 Å². The van der Waals surface area contributed by atoms with Crippen LogP contribution in [0, 0.1) is 0 Å². The van der Waals surface area contributed by atoms with Crippen molar-refractivity contribution < 1.29 is 0 Å². The van der Waals surface area contributed by atoms with Gasteiger partial charge in [-0.05, 0) is 22.9 Å². The molecule has 0 N–H and O–H groups in total. The van der Waals surface area contributed by atoms with E-state index in [1.165, 1.54) is 0 Å². The van der Waals surface area contributed by atoms with Crippen LogP contribution in [0.1, 0.15) is 12.6 Å². The first-order valence-electron chi connectivity index (χ1n) is 3.10. The molecule has 0 spiro atoms. The van der Waals surface area contributed by atoms with E-state index < -0.39 is 0 Å². The molecule has 0 saturated heterocycles. The summed E-state index contributed by atoms with van der Waals surface area (Å²) >= 11 is 7.45. The quantitative estimate of drug-likeness (QED) is 0.757. The number of hydrogen-bond donors (Lipinski definition) is 1. The fourth-order valence-corrected chi connectivity index (χ4v) is 1.48. The van der Waals surface area contributed by atoms with Crippen LogP contribution in [-0.2, 0) is 12.3 Å². The summed E-state index contributed by atoms with van der Waals surface area (Å²) < 4.78 is 2.92. The standard InChI is InChI=1S/C6H9BrN2S/c1-2-9-3-5(4-10)8-6(9)7/h3,10H,2,4H2,1H3. The van der Waals surface area contributed by atoms with E-state index in [1.54, 1.807) is 0 Å². The predicted octanol–water partition coefficient (Wildman–Crippen LogP) is 2.10. The Morgan fingerprint density at radius 3 is 2.80 bits per heavy atom. The van der Waals surface area contributed by atoms with Gasteiger partial charge in [0, 0.05) is 18.5 Å². The van der Waals surface area contributed by atoms with E-state index in [2.05, 4.69) is 40.5 Å². The second kappa shape index (κ2) is 3.44. The highest BCUT2D eigenvalue weighted by Gasteiger charge is 2.00. The summed E-state index contributed by atoms with van der Waals surface area (Å²) in [6.07, 6.45) is 2.00. The molecule has 1 aromatic heterocycles. The van der Waals surface area contributed by atoms with Crippen LogP contribution >= 0.6 is 28.6 Å². The summed E-state index contributed by atoms with van der Waals surface area (Å²) in [5.74, 6) is 0.700. The molecule has 56 valence electrons. The van der Waals surface area contributed by atoms with Gasteiger partial charge in [-0.3, -0.25) is 0 Å². The normalized spacial score (nSPS) is 10.3. The Morgan fingerprint density at radius 2 is 2.50 bits per heavy atom. The fraction of sp³-hybridized carbons (Fsp3) is 0.500. The first-order valence-corrected chi connectivity index (χ1v) is 4.53. The molecule has 0 bridgehead atoms. The van der Waals surface area contributed by atoms with Crippen molar-refractivity contribution >= 4 is 28.6 Å². The number of rotatable bonds is 2. The highest BCUT2D eigenvalue weighted by atomic mass is 79.9. The van der Waals surface area contributed by atoms with Gasteiger partial charge < -0.3 is 4.57 Å². The number of aryl methyl sites for hydroxylation is 1. The Hall–Kier alpha value is 0.0400. The Morgan fingerprint density at radius 1 is 1.80 bits per heavy atom. The SMILES string of the molecule is CCn1cc(CS)nc1Br. The van der Waals surface area contributed by atoms with Crippen LogP contribution in [0.2, 0.25) is 0 Å². The number of imidazole rings is 1. The Kier molecular flexibility index (Phi) is 2.80. The summed E-state index contributed by atoms with van der Waals surface area (Å²) in [6, 6.07) is 0. The van der Waals surface area contributed by atoms with Crippen molar-refractivity contribution in [3.63, 3.8) is 0 Å². The lowest BCUT2D eigenvalue weighted by Crippen LogP contribution is -1.90. The van der Waals surface area contributed by atoms with Gasteiger partial charge in [0.25, 0.3) is 0 Å². The Labute approximate surface area is 74.2 Å². The fourth-order valence-electron chi connectivity index (χ4n) is 0.743. The molecular formula is C6H9BrN2S. The summed E-state index contributed by atoms with van der Waals surface area (Å²) in [4.78, 5) is 4.20. The highest BCUT2D eigenvalue weighted by Crippen LogP contribution is 2.10. The highest BCUT2D eigenvalue weighted by molar-refractivity contribution is 9.10. The van der Waals surface area contributed by atoms with Crippen molar-refractivity contribution in [2.75, 3.05) is 0 Å². The molecule has 0 aliphatic carbocycles. The molecule has 0 aromatic carbocycles. The van der Waals surface area contributed by atoms with Crippen LogP contribution in [-0.4, -0.2) is 9.55 Å². The summed E-state index contributed by atoms with van der Waals surface area (Å²) in [5, 5.41) is 0. The largest absolute Gasteiger partial charge is 0.326 e. The maximum atomic E-state index is 4.20. The van der Waals surface area contributed by atoms with E-state index in [9.17, 15) is 0 Å². The lowest BCUT2D eigenvalue weighted by Gasteiger charge is -1.93. The summed E-state index contributed by atoms with van der Waals surface area (Å²) in [6.45, 7) is 3.02. The van der Waals surface area contributed by atoms with Gasteiger partial charge in [-0.25, -0.2) is 4.98 Å². The average Bonchev–Trinajstić information content (AvgIpc) is 2.30. The minimum absolute atomic E-state index is 0.700. The maximum absolute atomic E-state index is 4.20. The van der Waals surface area contributed by atoms with Crippen LogP contribution in [0.5, 0.6) is 0 Å². The van der Waals surface area contributed by atoms with Crippen molar-refractivity contribution in [3.05, 3.63) is 16.6 Å². The average molecular weight is 221 g/mol. The Bertz CT molecular complexity index is 222. The van der Waals surface area contributed by atoms with Crippen LogP contribution in [0.3, 0.4) is 0 Å². The van der Waals surface area contributed by atoms with Gasteiger partial charge in [0.05, 0.1) is 5.69 Å². The number of thiol groups is 1. The van der Waals surface area contributed by atoms with Gasteiger partial charge in [-0.15, -0.1) is 0 Å². The second-order valence-corrected chi connectivity index (χ2v) is 2.97. The van der Waals surface area contributed by atoms with Gasteiger partial charge >= 0.3 is 0 Å². The lowest BCUT2D eigenvalue weighted by molar-refractivity contribution is 0.741. The smallest absolute Gasteiger partial charge is 0.177 e. The second-order valence-electron chi connectivity index (χ2n) is 1.95. The van der Waals surface area contributed by atoms with Crippen molar-refractivity contribution in [2.24, 2.45) is 0 Å². The number of halogens is 1. The molecule has 0 aliphatic heterocycles. The van der Waals surface area contributed by atoms with Crippen molar-refractivity contribution in [1.82, 2.24) is 9.55 Å². The van der Waals surface area contributed by atoms with Gasteiger partial charge in [0.2, 0.25) is 0 Å². The molecule has 1 heterocycles. The number of aromatic nitrogens is 2. The minimum Gasteiger partial charge on any atom is -0.326 e. The summed E-state index contributed by atoms with van der Waals surface area (Å²) in [5.41, 5.74) is 1.01. The van der Waals surface area contributed by atoms with E-state index in [-0.39, 0.29) is 0 Å². The molecule has 0 aliphatic rings. The van der Waals surface area contributed by atoms with Crippen molar-refractivity contribution in [1.29, 1.82) is 0 Å². The molecule has 0 unspecified atom stereocenters. The molecule has 0 atom stereocenters. The van der Waals surface area contributed by atoms with Crippen LogP contribution < -0.4 is 0 Å². The molecule has 10 heavy (non-hydrogen) atoms. The third-order valence-corrected chi connectivity index (χ3v) is 2.24. The minimum atomic E-state index is 0.700. The van der Waals surface area contributed by atoms with E-state index in [4.69, 9.17) is 0 Å². The molecule has 4 heteroatoms. The van der Waals surface area contributed by atoms with Crippen LogP contribution in [0.4, 0.5) is 0 Å². The number of nitrogens with zero attached hydrogens (tertiary/aromatic N) is 2. The Balaban J connectivity index is 2.92. The molecule has 0 saturated carbocycles. The molecule has 0 fully saturated rings. The van der Waals surface area contributed by atoms with Crippen LogP contribution in [0.15, 0.2) is 10.9 Å². The molecular weight excluding hydrogens is 212 g/mol. The van der Waals surface area contributed by atoms with E-state index in [1.807, 2.05) is 10.8 Å². The third kappa shape index (κ3) is 1.55. The molecule has 0 radical (unpaired) electrons. The van der Waals surface area contributed by atoms with Gasteiger partial charge in [0.1, 0.15) is 0 Å². The van der Waals surface area contributed by atoms with Crippen molar-refractivity contribution in [2.45, 2.75) is 19.2 Å². The predicted molar refractivity (Wildman–Crippen MR) is 48.3 cm³/mol. The van der Waals surface area contributed by atoms with E-state index >= 15 is 0 Å². The monoisotopic (exact) mass is 220 g/mol.